The summed E-state index contributed by atoms with van der Waals surface area (Å²) in [5.74, 6) is -3.60. The van der Waals surface area contributed by atoms with Gasteiger partial charge in [-0.2, -0.15) is 4.99 Å². The average Bonchev–Trinajstić information content (AvgIpc) is 2.59. The molecule has 1 unspecified atom stereocenters. The molecule has 1 aromatic carbocycles. The molecule has 0 fully saturated rings. The Morgan fingerprint density at radius 3 is 2.37 bits per heavy atom. The van der Waals surface area contributed by atoms with Crippen molar-refractivity contribution in [2.24, 2.45) is 10.7 Å². The molecule has 19 heavy (non-hydrogen) atoms. The minimum Gasteiger partial charge on any atom is -0.385 e. The minimum absolute atomic E-state index is 0.136. The first-order chi connectivity index (χ1) is 8.82. The highest BCUT2D eigenvalue weighted by Crippen LogP contribution is 2.31. The Morgan fingerprint density at radius 2 is 1.79 bits per heavy atom. The highest BCUT2D eigenvalue weighted by molar-refractivity contribution is 6.03. The van der Waals surface area contributed by atoms with Crippen molar-refractivity contribution in [3.05, 3.63) is 35.1 Å². The number of amides is 2. The topological polar surface area (TPSA) is 58.7 Å². The zero-order chi connectivity index (χ0) is 14.3. The SMILES string of the molecule is CC(C)N1C(=O)N=C(N)C1c1cc(F)c(F)cc1F. The van der Waals surface area contributed by atoms with E-state index >= 15 is 0 Å². The van der Waals surface area contributed by atoms with Crippen LogP contribution in [0.15, 0.2) is 17.1 Å². The van der Waals surface area contributed by atoms with Gasteiger partial charge in [0.2, 0.25) is 0 Å². The van der Waals surface area contributed by atoms with Crippen molar-refractivity contribution in [2.75, 3.05) is 0 Å². The molecule has 1 heterocycles. The lowest BCUT2D eigenvalue weighted by molar-refractivity contribution is 0.189. The molecule has 7 heteroatoms. The maximum absolute atomic E-state index is 13.8. The first-order valence-electron chi connectivity index (χ1n) is 5.63. The standard InChI is InChI=1S/C12H12F3N3O/c1-5(2)18-10(11(16)17-12(18)19)6-3-8(14)9(15)4-7(6)13/h3-5,10H,1-2H3,(H2,16,17,19). The predicted molar refractivity (Wildman–Crippen MR) is 63.1 cm³/mol. The van der Waals surface area contributed by atoms with Crippen molar-refractivity contribution >= 4 is 11.9 Å². The Labute approximate surface area is 107 Å². The van der Waals surface area contributed by atoms with E-state index in [-0.39, 0.29) is 17.4 Å². The number of hydrogen-bond acceptors (Lipinski definition) is 2. The van der Waals surface area contributed by atoms with Crippen LogP contribution in [-0.4, -0.2) is 22.8 Å². The Morgan fingerprint density at radius 1 is 1.21 bits per heavy atom. The second-order valence-corrected chi connectivity index (χ2v) is 4.51. The van der Waals surface area contributed by atoms with E-state index in [0.717, 1.165) is 0 Å². The molecule has 2 N–H and O–H groups in total. The molecule has 102 valence electrons. The molecule has 2 amide bonds. The lowest BCUT2D eigenvalue weighted by Crippen LogP contribution is -2.38. The van der Waals surface area contributed by atoms with Gasteiger partial charge in [-0.25, -0.2) is 18.0 Å². The van der Waals surface area contributed by atoms with Crippen LogP contribution in [0, 0.1) is 17.5 Å². The number of aliphatic imine (C=N–C) groups is 1. The highest BCUT2D eigenvalue weighted by atomic mass is 19.2. The molecule has 1 aliphatic heterocycles. The summed E-state index contributed by atoms with van der Waals surface area (Å²) in [7, 11) is 0. The van der Waals surface area contributed by atoms with Crippen LogP contribution < -0.4 is 5.73 Å². The maximum Gasteiger partial charge on any atom is 0.346 e. The van der Waals surface area contributed by atoms with Gasteiger partial charge in [0.25, 0.3) is 0 Å². The summed E-state index contributed by atoms with van der Waals surface area (Å²) < 4.78 is 39.9. The van der Waals surface area contributed by atoms with E-state index in [1.54, 1.807) is 13.8 Å². The summed E-state index contributed by atoms with van der Waals surface area (Å²) in [6, 6.07) is -0.815. The monoisotopic (exact) mass is 271 g/mol. The molecule has 0 bridgehead atoms. The Balaban J connectivity index is 2.54. The molecule has 1 aromatic rings. The van der Waals surface area contributed by atoms with Crippen molar-refractivity contribution in [3.63, 3.8) is 0 Å². The third-order valence-electron chi connectivity index (χ3n) is 2.89. The first-order valence-corrected chi connectivity index (χ1v) is 5.63. The van der Waals surface area contributed by atoms with E-state index in [4.69, 9.17) is 5.73 Å². The second kappa shape index (κ2) is 4.56. The van der Waals surface area contributed by atoms with Crippen LogP contribution in [0.4, 0.5) is 18.0 Å². The van der Waals surface area contributed by atoms with Gasteiger partial charge in [-0.05, 0) is 19.9 Å². The number of rotatable bonds is 2. The summed E-state index contributed by atoms with van der Waals surface area (Å²) in [5.41, 5.74) is 5.38. The summed E-state index contributed by atoms with van der Waals surface area (Å²) in [5, 5.41) is 0. The van der Waals surface area contributed by atoms with E-state index in [9.17, 15) is 18.0 Å². The van der Waals surface area contributed by atoms with Crippen LogP contribution in [0.1, 0.15) is 25.5 Å². The number of halogens is 3. The molecule has 2 rings (SSSR count). The number of carbonyl (C=O) groups is 1. The molecule has 1 aliphatic rings. The van der Waals surface area contributed by atoms with E-state index < -0.39 is 29.5 Å². The number of benzene rings is 1. The fourth-order valence-corrected chi connectivity index (χ4v) is 2.06. The van der Waals surface area contributed by atoms with Crippen LogP contribution in [0.5, 0.6) is 0 Å². The van der Waals surface area contributed by atoms with Crippen LogP contribution in [0.2, 0.25) is 0 Å². The van der Waals surface area contributed by atoms with Crippen molar-refractivity contribution in [1.29, 1.82) is 0 Å². The number of amidine groups is 1. The lowest BCUT2D eigenvalue weighted by atomic mass is 10.0. The van der Waals surface area contributed by atoms with Crippen LogP contribution in [0.25, 0.3) is 0 Å². The zero-order valence-corrected chi connectivity index (χ0v) is 10.3. The highest BCUT2D eigenvalue weighted by Gasteiger charge is 2.38. The van der Waals surface area contributed by atoms with E-state index in [2.05, 4.69) is 4.99 Å². The van der Waals surface area contributed by atoms with Gasteiger partial charge in [-0.1, -0.05) is 0 Å². The van der Waals surface area contributed by atoms with Gasteiger partial charge in [0.05, 0.1) is 0 Å². The quantitative estimate of drug-likeness (QED) is 0.839. The van der Waals surface area contributed by atoms with Crippen molar-refractivity contribution in [1.82, 2.24) is 4.90 Å². The van der Waals surface area contributed by atoms with E-state index in [0.29, 0.717) is 12.1 Å². The molecule has 0 aliphatic carbocycles. The third kappa shape index (κ3) is 2.16. The minimum atomic E-state index is -1.29. The Bertz CT molecular complexity index is 572. The zero-order valence-electron chi connectivity index (χ0n) is 10.3. The normalized spacial score (nSPS) is 19.3. The summed E-state index contributed by atoms with van der Waals surface area (Å²) in [4.78, 5) is 16.4. The Kier molecular flexibility index (Phi) is 3.21. The molecule has 0 spiro atoms. The number of nitrogens with zero attached hydrogens (tertiary/aromatic N) is 2. The smallest absolute Gasteiger partial charge is 0.346 e. The average molecular weight is 271 g/mol. The van der Waals surface area contributed by atoms with Crippen molar-refractivity contribution in [3.8, 4) is 0 Å². The summed E-state index contributed by atoms with van der Waals surface area (Å²) in [6.45, 7) is 3.38. The fourth-order valence-electron chi connectivity index (χ4n) is 2.06. The van der Waals surface area contributed by atoms with Crippen molar-refractivity contribution in [2.45, 2.75) is 25.9 Å². The van der Waals surface area contributed by atoms with Gasteiger partial charge < -0.3 is 10.6 Å². The van der Waals surface area contributed by atoms with Gasteiger partial charge >= 0.3 is 6.03 Å². The number of nitrogens with two attached hydrogens (primary N) is 1. The maximum atomic E-state index is 13.8. The fraction of sp³-hybridized carbons (Fsp3) is 0.333. The summed E-state index contributed by atoms with van der Waals surface area (Å²) in [6.07, 6.45) is 0. The van der Waals surface area contributed by atoms with Crippen LogP contribution in [-0.2, 0) is 0 Å². The molecule has 0 aromatic heterocycles. The van der Waals surface area contributed by atoms with Gasteiger partial charge in [-0.15, -0.1) is 0 Å². The van der Waals surface area contributed by atoms with E-state index in [1.807, 2.05) is 0 Å². The van der Waals surface area contributed by atoms with Gasteiger partial charge in [-0.3, -0.25) is 0 Å². The van der Waals surface area contributed by atoms with Gasteiger partial charge in [0.15, 0.2) is 11.6 Å². The number of carbonyl (C=O) groups excluding carboxylic acids is 1. The summed E-state index contributed by atoms with van der Waals surface area (Å²) >= 11 is 0. The Hall–Kier alpha value is -2.05. The molecule has 1 atom stereocenters. The number of hydrogen-bond donors (Lipinski definition) is 1. The molecular formula is C12H12F3N3O. The van der Waals surface area contributed by atoms with Crippen LogP contribution in [0.3, 0.4) is 0 Å². The third-order valence-corrected chi connectivity index (χ3v) is 2.89. The van der Waals surface area contributed by atoms with Crippen molar-refractivity contribution < 1.29 is 18.0 Å². The predicted octanol–water partition coefficient (Wildman–Crippen LogP) is 2.35. The van der Waals surface area contributed by atoms with E-state index in [1.165, 1.54) is 4.90 Å². The lowest BCUT2D eigenvalue weighted by Gasteiger charge is -2.28. The molecule has 0 radical (unpaired) electrons. The second-order valence-electron chi connectivity index (χ2n) is 4.51. The largest absolute Gasteiger partial charge is 0.385 e. The van der Waals surface area contributed by atoms with Crippen LogP contribution >= 0.6 is 0 Å². The molecule has 0 saturated heterocycles. The van der Waals surface area contributed by atoms with Gasteiger partial charge in [0, 0.05) is 17.7 Å². The molecule has 0 saturated carbocycles. The number of urea groups is 1. The van der Waals surface area contributed by atoms with Gasteiger partial charge in [0.1, 0.15) is 17.7 Å². The first kappa shape index (κ1) is 13.4. The molecular weight excluding hydrogens is 259 g/mol. The molecule has 4 nitrogen and oxygen atoms in total.